The lowest BCUT2D eigenvalue weighted by Gasteiger charge is -2.26. The van der Waals surface area contributed by atoms with Crippen molar-refractivity contribution in [1.82, 2.24) is 25.6 Å². The van der Waals surface area contributed by atoms with Gasteiger partial charge in [0.2, 0.25) is 0 Å². The highest BCUT2D eigenvalue weighted by atomic mass is 16.2. The van der Waals surface area contributed by atoms with E-state index in [1.165, 1.54) is 0 Å². The summed E-state index contributed by atoms with van der Waals surface area (Å²) in [6, 6.07) is 0.325. The van der Waals surface area contributed by atoms with Gasteiger partial charge < -0.3 is 10.6 Å². The zero-order valence-corrected chi connectivity index (χ0v) is 9.52. The van der Waals surface area contributed by atoms with Crippen molar-refractivity contribution < 1.29 is 4.79 Å². The van der Waals surface area contributed by atoms with E-state index in [0.717, 1.165) is 19.5 Å². The van der Waals surface area contributed by atoms with Crippen LogP contribution in [0, 0.1) is 12.3 Å². The molecule has 0 saturated carbocycles. The monoisotopic (exact) mass is 233 g/mol. The number of nitrogens with one attached hydrogen (secondary N) is 2. The van der Waals surface area contributed by atoms with Crippen molar-refractivity contribution in [2.45, 2.75) is 18.9 Å². The van der Waals surface area contributed by atoms with Crippen LogP contribution in [0.5, 0.6) is 0 Å². The van der Waals surface area contributed by atoms with E-state index in [0.29, 0.717) is 24.7 Å². The van der Waals surface area contributed by atoms with Crippen LogP contribution < -0.4 is 10.6 Å². The van der Waals surface area contributed by atoms with Crippen LogP contribution in [0.1, 0.15) is 29.4 Å². The van der Waals surface area contributed by atoms with Gasteiger partial charge in [-0.25, -0.2) is 4.68 Å². The van der Waals surface area contributed by atoms with Gasteiger partial charge in [-0.05, 0) is 6.42 Å². The number of rotatable bonds is 5. The molecule has 17 heavy (non-hydrogen) atoms. The molecular formula is C11H15N5O. The van der Waals surface area contributed by atoms with E-state index in [1.54, 1.807) is 10.9 Å². The highest BCUT2D eigenvalue weighted by Gasteiger charge is 2.21. The van der Waals surface area contributed by atoms with E-state index >= 15 is 0 Å². The first kappa shape index (κ1) is 11.6. The molecular weight excluding hydrogens is 218 g/mol. The van der Waals surface area contributed by atoms with Crippen LogP contribution in [0.15, 0.2) is 6.20 Å². The van der Waals surface area contributed by atoms with Crippen LogP contribution in [0.25, 0.3) is 0 Å². The highest BCUT2D eigenvalue weighted by molar-refractivity contribution is 5.91. The highest BCUT2D eigenvalue weighted by Crippen LogP contribution is 2.09. The van der Waals surface area contributed by atoms with Crippen LogP contribution in [-0.4, -0.2) is 40.5 Å². The summed E-state index contributed by atoms with van der Waals surface area (Å²) >= 11 is 0. The van der Waals surface area contributed by atoms with E-state index in [1.807, 2.05) is 0 Å². The summed E-state index contributed by atoms with van der Waals surface area (Å²) in [4.78, 5) is 11.7. The summed E-state index contributed by atoms with van der Waals surface area (Å²) in [5, 5.41) is 13.7. The van der Waals surface area contributed by atoms with Crippen LogP contribution in [-0.2, 0) is 0 Å². The smallest absolute Gasteiger partial charge is 0.273 e. The number of nitrogens with zero attached hydrogens (tertiary/aromatic N) is 3. The van der Waals surface area contributed by atoms with E-state index in [9.17, 15) is 4.79 Å². The first-order valence-electron chi connectivity index (χ1n) is 5.65. The number of unbranched alkanes of at least 4 members (excludes halogenated alkanes) is 1. The zero-order chi connectivity index (χ0) is 12.1. The quantitative estimate of drug-likeness (QED) is 0.534. The minimum atomic E-state index is -0.194. The SMILES string of the molecule is C#CCCCNC(=O)c1cn(C2CNC2)nn1. The van der Waals surface area contributed by atoms with Gasteiger partial charge in [-0.2, -0.15) is 0 Å². The van der Waals surface area contributed by atoms with Gasteiger partial charge in [0.15, 0.2) is 5.69 Å². The van der Waals surface area contributed by atoms with Gasteiger partial charge in [-0.15, -0.1) is 17.4 Å². The van der Waals surface area contributed by atoms with Crippen LogP contribution in [0.2, 0.25) is 0 Å². The lowest BCUT2D eigenvalue weighted by molar-refractivity contribution is 0.0948. The number of hydrogen-bond donors (Lipinski definition) is 2. The molecule has 6 nitrogen and oxygen atoms in total. The molecule has 90 valence electrons. The summed E-state index contributed by atoms with van der Waals surface area (Å²) in [5.41, 5.74) is 0.359. The summed E-state index contributed by atoms with van der Waals surface area (Å²) in [6.07, 6.45) is 8.25. The molecule has 0 aromatic carbocycles. The van der Waals surface area contributed by atoms with Crippen molar-refractivity contribution in [2.24, 2.45) is 0 Å². The van der Waals surface area contributed by atoms with Crippen LogP contribution in [0.3, 0.4) is 0 Å². The molecule has 0 unspecified atom stereocenters. The van der Waals surface area contributed by atoms with Crippen molar-refractivity contribution in [1.29, 1.82) is 0 Å². The Labute approximate surface area is 99.8 Å². The molecule has 1 fully saturated rings. The first-order chi connectivity index (χ1) is 8.31. The number of hydrogen-bond acceptors (Lipinski definition) is 4. The van der Waals surface area contributed by atoms with Gasteiger partial charge in [-0.1, -0.05) is 5.21 Å². The molecule has 0 radical (unpaired) electrons. The van der Waals surface area contributed by atoms with E-state index < -0.39 is 0 Å². The molecule has 1 aliphatic heterocycles. The number of aromatic nitrogens is 3. The summed E-state index contributed by atoms with van der Waals surface area (Å²) in [6.45, 7) is 2.33. The molecule has 2 N–H and O–H groups in total. The van der Waals surface area contributed by atoms with Crippen molar-refractivity contribution >= 4 is 5.91 Å². The van der Waals surface area contributed by atoms with Crippen LogP contribution >= 0.6 is 0 Å². The average molecular weight is 233 g/mol. The Balaban J connectivity index is 1.82. The molecule has 2 rings (SSSR count). The standard InChI is InChI=1S/C11H15N5O/c1-2-3-4-5-13-11(17)10-8-16(15-14-10)9-6-12-7-9/h1,8-9,12H,3-7H2,(H,13,17). The third kappa shape index (κ3) is 2.82. The van der Waals surface area contributed by atoms with Gasteiger partial charge in [0.05, 0.1) is 12.2 Å². The summed E-state index contributed by atoms with van der Waals surface area (Å²) < 4.78 is 1.73. The minimum absolute atomic E-state index is 0.194. The predicted octanol–water partition coefficient (Wildman–Crippen LogP) is -0.434. The van der Waals surface area contributed by atoms with E-state index in [2.05, 4.69) is 26.9 Å². The largest absolute Gasteiger partial charge is 0.351 e. The zero-order valence-electron chi connectivity index (χ0n) is 9.52. The molecule has 1 aromatic heterocycles. The Hall–Kier alpha value is -1.87. The molecule has 2 heterocycles. The van der Waals surface area contributed by atoms with E-state index in [4.69, 9.17) is 6.42 Å². The average Bonchev–Trinajstić information content (AvgIpc) is 2.71. The number of terminal acetylenes is 1. The van der Waals surface area contributed by atoms with E-state index in [-0.39, 0.29) is 5.91 Å². The van der Waals surface area contributed by atoms with Gasteiger partial charge in [0.25, 0.3) is 5.91 Å². The van der Waals surface area contributed by atoms with Crippen molar-refractivity contribution in [3.63, 3.8) is 0 Å². The number of amides is 1. The fourth-order valence-corrected chi connectivity index (χ4v) is 1.50. The molecule has 0 bridgehead atoms. The lowest BCUT2D eigenvalue weighted by Crippen LogP contribution is -2.43. The lowest BCUT2D eigenvalue weighted by atomic mass is 10.2. The van der Waals surface area contributed by atoms with Gasteiger partial charge in [-0.3, -0.25) is 4.79 Å². The molecule has 1 saturated heterocycles. The Bertz CT molecular complexity index is 429. The number of carbonyl (C=O) groups is 1. The second-order valence-electron chi connectivity index (χ2n) is 3.96. The molecule has 1 amide bonds. The molecule has 0 spiro atoms. The predicted molar refractivity (Wildman–Crippen MR) is 62.3 cm³/mol. The third-order valence-corrected chi connectivity index (χ3v) is 2.66. The maximum absolute atomic E-state index is 11.7. The Kier molecular flexibility index (Phi) is 3.73. The fourth-order valence-electron chi connectivity index (χ4n) is 1.50. The topological polar surface area (TPSA) is 71.8 Å². The Morgan fingerprint density at radius 1 is 1.71 bits per heavy atom. The molecule has 0 atom stereocenters. The fraction of sp³-hybridized carbons (Fsp3) is 0.545. The minimum Gasteiger partial charge on any atom is -0.351 e. The van der Waals surface area contributed by atoms with Gasteiger partial charge >= 0.3 is 0 Å². The summed E-state index contributed by atoms with van der Waals surface area (Å²) in [7, 11) is 0. The van der Waals surface area contributed by atoms with Crippen molar-refractivity contribution in [3.8, 4) is 12.3 Å². The molecule has 1 aliphatic rings. The Morgan fingerprint density at radius 2 is 2.53 bits per heavy atom. The van der Waals surface area contributed by atoms with Crippen molar-refractivity contribution in [3.05, 3.63) is 11.9 Å². The first-order valence-corrected chi connectivity index (χ1v) is 5.65. The Morgan fingerprint density at radius 3 is 3.18 bits per heavy atom. The van der Waals surface area contributed by atoms with Crippen LogP contribution in [0.4, 0.5) is 0 Å². The second kappa shape index (κ2) is 5.46. The normalized spacial score (nSPS) is 15.0. The maximum atomic E-state index is 11.7. The molecule has 0 aliphatic carbocycles. The molecule has 1 aromatic rings. The number of carbonyl (C=O) groups excluding carboxylic acids is 1. The second-order valence-corrected chi connectivity index (χ2v) is 3.96. The summed E-state index contributed by atoms with van der Waals surface area (Å²) in [5.74, 6) is 2.33. The molecule has 6 heteroatoms. The van der Waals surface area contributed by atoms with Crippen molar-refractivity contribution in [2.75, 3.05) is 19.6 Å². The van der Waals surface area contributed by atoms with Gasteiger partial charge in [0, 0.05) is 26.1 Å². The third-order valence-electron chi connectivity index (χ3n) is 2.66. The maximum Gasteiger partial charge on any atom is 0.273 e. The van der Waals surface area contributed by atoms with Gasteiger partial charge in [0.1, 0.15) is 0 Å².